The van der Waals surface area contributed by atoms with Crippen LogP contribution in [0.1, 0.15) is 34.8 Å². The molecule has 2 aromatic rings. The van der Waals surface area contributed by atoms with Crippen molar-refractivity contribution in [1.82, 2.24) is 10.2 Å². The Balaban J connectivity index is 1.52. The second kappa shape index (κ2) is 7.15. The molecule has 0 radical (unpaired) electrons. The van der Waals surface area contributed by atoms with Crippen molar-refractivity contribution in [2.24, 2.45) is 0 Å². The van der Waals surface area contributed by atoms with E-state index in [1.807, 2.05) is 18.2 Å². The van der Waals surface area contributed by atoms with Gasteiger partial charge in [0.25, 0.3) is 5.91 Å². The molecule has 2 aliphatic rings. The zero-order valence-electron chi connectivity index (χ0n) is 14.1. The van der Waals surface area contributed by atoms with Crippen LogP contribution in [0.15, 0.2) is 48.5 Å². The number of nitrogens with one attached hydrogen (secondary N) is 1. The van der Waals surface area contributed by atoms with Crippen molar-refractivity contribution in [2.75, 3.05) is 26.4 Å². The third-order valence-electron chi connectivity index (χ3n) is 4.78. The lowest BCUT2D eigenvalue weighted by atomic mass is 10.1. The van der Waals surface area contributed by atoms with E-state index in [-0.39, 0.29) is 18.7 Å². The van der Waals surface area contributed by atoms with Crippen molar-refractivity contribution in [3.63, 3.8) is 0 Å². The lowest BCUT2D eigenvalue weighted by Crippen LogP contribution is -2.37. The molecular weight excluding hydrogens is 316 g/mol. The molecule has 1 unspecified atom stereocenters. The second-order valence-electron chi connectivity index (χ2n) is 6.51. The number of nitrogens with zero attached hydrogens (tertiary/aromatic N) is 1. The number of benzene rings is 2. The predicted molar refractivity (Wildman–Crippen MR) is 94.9 cm³/mol. The summed E-state index contributed by atoms with van der Waals surface area (Å²) in [5.41, 5.74) is 1.72. The van der Waals surface area contributed by atoms with Gasteiger partial charge < -0.3 is 19.7 Å². The minimum Gasteiger partial charge on any atom is -0.454 e. The third-order valence-corrected chi connectivity index (χ3v) is 4.78. The van der Waals surface area contributed by atoms with E-state index in [1.165, 1.54) is 12.8 Å². The molecule has 2 aromatic carbocycles. The number of fused-ring (bicyclic) bond motifs is 1. The molecule has 5 nitrogen and oxygen atoms in total. The number of carbonyl (C=O) groups excluding carboxylic acids is 1. The highest BCUT2D eigenvalue weighted by molar-refractivity contribution is 5.95. The zero-order valence-corrected chi connectivity index (χ0v) is 14.1. The number of hydrogen-bond donors (Lipinski definition) is 1. The average molecular weight is 338 g/mol. The van der Waals surface area contributed by atoms with E-state index in [9.17, 15) is 4.79 Å². The fourth-order valence-corrected chi connectivity index (χ4v) is 3.42. The number of ether oxygens (including phenoxy) is 2. The summed E-state index contributed by atoms with van der Waals surface area (Å²) in [5, 5.41) is 3.19. The fraction of sp³-hybridized carbons (Fsp3) is 0.350. The zero-order chi connectivity index (χ0) is 17.1. The fourth-order valence-electron chi connectivity index (χ4n) is 3.42. The third kappa shape index (κ3) is 3.61. The Morgan fingerprint density at radius 3 is 2.60 bits per heavy atom. The average Bonchev–Trinajstić information content (AvgIpc) is 3.32. The summed E-state index contributed by atoms with van der Waals surface area (Å²) < 4.78 is 10.7. The highest BCUT2D eigenvalue weighted by Gasteiger charge is 2.22. The first-order valence-corrected chi connectivity index (χ1v) is 8.77. The van der Waals surface area contributed by atoms with Gasteiger partial charge in [-0.05, 0) is 49.7 Å². The van der Waals surface area contributed by atoms with Gasteiger partial charge in [0.1, 0.15) is 0 Å². The van der Waals surface area contributed by atoms with Gasteiger partial charge in [-0.2, -0.15) is 0 Å². The monoisotopic (exact) mass is 338 g/mol. The van der Waals surface area contributed by atoms with Crippen LogP contribution in [-0.2, 0) is 0 Å². The van der Waals surface area contributed by atoms with Gasteiger partial charge in [0, 0.05) is 12.1 Å². The highest BCUT2D eigenvalue weighted by Crippen LogP contribution is 2.32. The molecule has 5 heteroatoms. The molecule has 2 heterocycles. The van der Waals surface area contributed by atoms with Crippen molar-refractivity contribution in [3.8, 4) is 11.5 Å². The number of amides is 1. The molecule has 1 N–H and O–H groups in total. The minimum absolute atomic E-state index is 0.0303. The van der Waals surface area contributed by atoms with E-state index in [4.69, 9.17) is 9.47 Å². The minimum atomic E-state index is -0.0913. The van der Waals surface area contributed by atoms with Crippen LogP contribution in [0.5, 0.6) is 11.5 Å². The molecule has 0 spiro atoms. The largest absolute Gasteiger partial charge is 0.454 e. The number of carbonyl (C=O) groups is 1. The summed E-state index contributed by atoms with van der Waals surface area (Å²) in [7, 11) is 0. The van der Waals surface area contributed by atoms with Crippen LogP contribution in [0.25, 0.3) is 0 Å². The van der Waals surface area contributed by atoms with Crippen molar-refractivity contribution in [1.29, 1.82) is 0 Å². The molecule has 1 amide bonds. The van der Waals surface area contributed by atoms with Crippen LogP contribution >= 0.6 is 0 Å². The molecule has 0 bridgehead atoms. The van der Waals surface area contributed by atoms with Gasteiger partial charge in [-0.15, -0.1) is 0 Å². The Morgan fingerprint density at radius 2 is 1.80 bits per heavy atom. The normalized spacial score (nSPS) is 17.4. The van der Waals surface area contributed by atoms with Gasteiger partial charge in [0.05, 0.1) is 6.04 Å². The first-order chi connectivity index (χ1) is 12.3. The highest BCUT2D eigenvalue weighted by atomic mass is 16.7. The molecule has 25 heavy (non-hydrogen) atoms. The topological polar surface area (TPSA) is 50.8 Å². The molecule has 1 saturated heterocycles. The van der Waals surface area contributed by atoms with Gasteiger partial charge in [-0.25, -0.2) is 0 Å². The SMILES string of the molecule is O=C(NC(CN1CCCC1)c1ccccc1)c1ccc2c(c1)OCO2. The van der Waals surface area contributed by atoms with E-state index >= 15 is 0 Å². The number of likely N-dealkylation sites (tertiary alicyclic amines) is 1. The molecule has 4 rings (SSSR count). The molecule has 0 saturated carbocycles. The maximum Gasteiger partial charge on any atom is 0.251 e. The van der Waals surface area contributed by atoms with Gasteiger partial charge in [-0.3, -0.25) is 4.79 Å². The Bertz CT molecular complexity index is 742. The van der Waals surface area contributed by atoms with Crippen molar-refractivity contribution in [3.05, 3.63) is 59.7 Å². The second-order valence-corrected chi connectivity index (χ2v) is 6.51. The van der Waals surface area contributed by atoms with E-state index in [0.717, 1.165) is 25.2 Å². The van der Waals surface area contributed by atoms with Crippen LogP contribution in [0.3, 0.4) is 0 Å². The molecule has 1 atom stereocenters. The van der Waals surface area contributed by atoms with E-state index in [2.05, 4.69) is 22.3 Å². The Labute approximate surface area is 147 Å². The van der Waals surface area contributed by atoms with E-state index in [0.29, 0.717) is 17.1 Å². The predicted octanol–water partition coefficient (Wildman–Crippen LogP) is 2.98. The first-order valence-electron chi connectivity index (χ1n) is 8.77. The summed E-state index contributed by atoms with van der Waals surface area (Å²) in [5.74, 6) is 1.23. The van der Waals surface area contributed by atoms with Crippen molar-refractivity contribution >= 4 is 5.91 Å². The molecule has 2 aliphatic heterocycles. The summed E-state index contributed by atoms with van der Waals surface area (Å²) in [6.07, 6.45) is 2.47. The Kier molecular flexibility index (Phi) is 4.57. The van der Waals surface area contributed by atoms with Crippen LogP contribution in [0, 0.1) is 0 Å². The summed E-state index contributed by atoms with van der Waals surface area (Å²) in [4.78, 5) is 15.2. The molecule has 0 aromatic heterocycles. The Morgan fingerprint density at radius 1 is 1.04 bits per heavy atom. The number of rotatable bonds is 5. The molecule has 0 aliphatic carbocycles. The summed E-state index contributed by atoms with van der Waals surface area (Å²) >= 11 is 0. The summed E-state index contributed by atoms with van der Waals surface area (Å²) in [6, 6.07) is 15.4. The first kappa shape index (κ1) is 16.0. The molecular formula is C20H22N2O3. The number of hydrogen-bond acceptors (Lipinski definition) is 4. The standard InChI is InChI=1S/C20H22N2O3/c23-20(16-8-9-18-19(12-16)25-14-24-18)21-17(13-22-10-4-5-11-22)15-6-2-1-3-7-15/h1-3,6-9,12,17H,4-5,10-11,13-14H2,(H,21,23). The van der Waals surface area contributed by atoms with Crippen molar-refractivity contribution in [2.45, 2.75) is 18.9 Å². The van der Waals surface area contributed by atoms with E-state index < -0.39 is 0 Å². The van der Waals surface area contributed by atoms with Gasteiger partial charge in [-0.1, -0.05) is 30.3 Å². The maximum absolute atomic E-state index is 12.8. The lowest BCUT2D eigenvalue weighted by molar-refractivity contribution is 0.0926. The Hall–Kier alpha value is -2.53. The smallest absolute Gasteiger partial charge is 0.251 e. The van der Waals surface area contributed by atoms with Gasteiger partial charge in [0.2, 0.25) is 6.79 Å². The maximum atomic E-state index is 12.8. The van der Waals surface area contributed by atoms with E-state index in [1.54, 1.807) is 18.2 Å². The van der Waals surface area contributed by atoms with Crippen LogP contribution in [-0.4, -0.2) is 37.2 Å². The lowest BCUT2D eigenvalue weighted by Gasteiger charge is -2.25. The van der Waals surface area contributed by atoms with Crippen LogP contribution in [0.4, 0.5) is 0 Å². The molecule has 130 valence electrons. The van der Waals surface area contributed by atoms with Crippen LogP contribution in [0.2, 0.25) is 0 Å². The van der Waals surface area contributed by atoms with Gasteiger partial charge in [0.15, 0.2) is 11.5 Å². The summed E-state index contributed by atoms with van der Waals surface area (Å²) in [6.45, 7) is 3.24. The van der Waals surface area contributed by atoms with Crippen LogP contribution < -0.4 is 14.8 Å². The van der Waals surface area contributed by atoms with Gasteiger partial charge >= 0.3 is 0 Å². The molecule has 1 fully saturated rings. The quantitative estimate of drug-likeness (QED) is 0.911. The van der Waals surface area contributed by atoms with Crippen molar-refractivity contribution < 1.29 is 14.3 Å².